The van der Waals surface area contributed by atoms with Crippen LogP contribution in [0.1, 0.15) is 12.8 Å². The fourth-order valence-electron chi connectivity index (χ4n) is 0.746. The highest BCUT2D eigenvalue weighted by atomic mass is 35.5. The topological polar surface area (TPSA) is 45.1 Å². The number of hydrogen-bond acceptors (Lipinski definition) is 3. The van der Waals surface area contributed by atoms with E-state index in [-0.39, 0.29) is 6.04 Å². The number of nitrogens with one attached hydrogen (secondary N) is 2. The number of alkyl halides is 1. The maximum atomic E-state index is 7.33. The SMILES string of the molecule is N=C(CCl)CC[C@@H](COP)NP. The standard InChI is InChI=1S/C6H15ClN2OP2/c7-3-5(8)1-2-6(9-11)4-10-12/h6,8-9H,1-4,11-12H2/t6-/m0/s1. The van der Waals surface area contributed by atoms with Gasteiger partial charge in [0.15, 0.2) is 0 Å². The summed E-state index contributed by atoms with van der Waals surface area (Å²) in [5.74, 6) is 0.325. The molecule has 0 amide bonds. The van der Waals surface area contributed by atoms with Gasteiger partial charge in [0, 0.05) is 21.2 Å². The van der Waals surface area contributed by atoms with Crippen LogP contribution in [0.4, 0.5) is 0 Å². The van der Waals surface area contributed by atoms with Gasteiger partial charge < -0.3 is 9.93 Å². The first-order valence-electron chi connectivity index (χ1n) is 3.64. The van der Waals surface area contributed by atoms with Gasteiger partial charge in [0.1, 0.15) is 0 Å². The van der Waals surface area contributed by atoms with Crippen molar-refractivity contribution < 1.29 is 4.52 Å². The molecule has 0 spiro atoms. The molecule has 0 aromatic heterocycles. The van der Waals surface area contributed by atoms with E-state index in [4.69, 9.17) is 21.5 Å². The average Bonchev–Trinajstić information content (AvgIpc) is 2.11. The second kappa shape index (κ2) is 8.34. The summed E-state index contributed by atoms with van der Waals surface area (Å²) in [6.45, 7) is 0.629. The van der Waals surface area contributed by atoms with Crippen LogP contribution < -0.4 is 5.09 Å². The van der Waals surface area contributed by atoms with Gasteiger partial charge in [-0.1, -0.05) is 9.39 Å². The molecule has 0 aromatic rings. The lowest BCUT2D eigenvalue weighted by Gasteiger charge is -2.13. The van der Waals surface area contributed by atoms with Crippen molar-refractivity contribution in [3.8, 4) is 0 Å². The molecule has 72 valence electrons. The van der Waals surface area contributed by atoms with Crippen molar-refractivity contribution in [3.63, 3.8) is 0 Å². The Hall–Kier alpha value is 0.740. The Morgan fingerprint density at radius 2 is 2.33 bits per heavy atom. The summed E-state index contributed by atoms with van der Waals surface area (Å²) >= 11 is 5.47. The summed E-state index contributed by atoms with van der Waals surface area (Å²) in [6.07, 6.45) is 1.60. The Bertz CT molecular complexity index is 137. The van der Waals surface area contributed by atoms with Gasteiger partial charge in [-0.05, 0) is 12.8 Å². The zero-order valence-electron chi connectivity index (χ0n) is 6.85. The van der Waals surface area contributed by atoms with Crippen LogP contribution in [0.15, 0.2) is 0 Å². The minimum atomic E-state index is 0.274. The first-order valence-corrected chi connectivity index (χ1v) is 5.23. The molecule has 2 N–H and O–H groups in total. The van der Waals surface area contributed by atoms with Gasteiger partial charge in [-0.15, -0.1) is 11.6 Å². The predicted molar refractivity (Wildman–Crippen MR) is 60.0 cm³/mol. The van der Waals surface area contributed by atoms with E-state index >= 15 is 0 Å². The van der Waals surface area contributed by atoms with E-state index in [9.17, 15) is 0 Å². The van der Waals surface area contributed by atoms with Crippen LogP contribution in [-0.4, -0.2) is 24.2 Å². The zero-order chi connectivity index (χ0) is 9.40. The minimum absolute atomic E-state index is 0.274. The third kappa shape index (κ3) is 6.28. The van der Waals surface area contributed by atoms with Crippen LogP contribution in [0.5, 0.6) is 0 Å². The molecular formula is C6H15ClN2OP2. The van der Waals surface area contributed by atoms with Crippen molar-refractivity contribution in [1.29, 1.82) is 5.41 Å². The molecule has 3 atom stereocenters. The second-order valence-electron chi connectivity index (χ2n) is 2.47. The zero-order valence-corrected chi connectivity index (χ0v) is 9.91. The lowest BCUT2D eigenvalue weighted by atomic mass is 10.1. The van der Waals surface area contributed by atoms with Gasteiger partial charge in [-0.2, -0.15) is 0 Å². The Balaban J connectivity index is 3.50. The molecule has 0 bridgehead atoms. The fraction of sp³-hybridized carbons (Fsp3) is 0.833. The van der Waals surface area contributed by atoms with Crippen LogP contribution in [0.2, 0.25) is 0 Å². The Morgan fingerprint density at radius 1 is 1.67 bits per heavy atom. The molecule has 0 radical (unpaired) electrons. The molecule has 0 saturated heterocycles. The lowest BCUT2D eigenvalue weighted by Crippen LogP contribution is -2.25. The quantitative estimate of drug-likeness (QED) is 0.395. The molecule has 12 heavy (non-hydrogen) atoms. The molecule has 0 heterocycles. The van der Waals surface area contributed by atoms with E-state index in [1.807, 2.05) is 0 Å². The van der Waals surface area contributed by atoms with Crippen molar-refractivity contribution >= 4 is 36.2 Å². The third-order valence-electron chi connectivity index (χ3n) is 1.49. The van der Waals surface area contributed by atoms with E-state index in [1.165, 1.54) is 0 Å². The van der Waals surface area contributed by atoms with Gasteiger partial charge in [0.25, 0.3) is 0 Å². The molecule has 0 aliphatic carbocycles. The van der Waals surface area contributed by atoms with Gasteiger partial charge in [0.2, 0.25) is 0 Å². The van der Waals surface area contributed by atoms with E-state index in [1.54, 1.807) is 0 Å². The monoisotopic (exact) mass is 228 g/mol. The smallest absolute Gasteiger partial charge is 0.0658 e. The highest BCUT2D eigenvalue weighted by molar-refractivity contribution is 7.13. The molecule has 0 fully saturated rings. The molecule has 3 nitrogen and oxygen atoms in total. The molecule has 0 aliphatic rings. The van der Waals surface area contributed by atoms with Crippen molar-refractivity contribution in [1.82, 2.24) is 5.09 Å². The van der Waals surface area contributed by atoms with Crippen molar-refractivity contribution in [2.75, 3.05) is 12.5 Å². The van der Waals surface area contributed by atoms with Gasteiger partial charge in [0.05, 0.1) is 12.5 Å². The maximum Gasteiger partial charge on any atom is 0.0658 e. The minimum Gasteiger partial charge on any atom is -0.364 e. The van der Waals surface area contributed by atoms with Crippen LogP contribution in [0.25, 0.3) is 0 Å². The molecule has 0 saturated carbocycles. The molecule has 2 unspecified atom stereocenters. The summed E-state index contributed by atoms with van der Waals surface area (Å²) in [6, 6.07) is 0.274. The van der Waals surface area contributed by atoms with E-state index < -0.39 is 0 Å². The van der Waals surface area contributed by atoms with Crippen molar-refractivity contribution in [2.45, 2.75) is 18.9 Å². The summed E-state index contributed by atoms with van der Waals surface area (Å²) in [5.41, 5.74) is 0.575. The summed E-state index contributed by atoms with van der Waals surface area (Å²) in [7, 11) is 4.66. The fourth-order valence-corrected chi connectivity index (χ4v) is 1.38. The molecule has 0 aliphatic heterocycles. The Labute approximate surface area is 83.0 Å². The lowest BCUT2D eigenvalue weighted by molar-refractivity contribution is 0.318. The summed E-state index contributed by atoms with van der Waals surface area (Å²) in [5, 5.41) is 10.3. The largest absolute Gasteiger partial charge is 0.364 e. The van der Waals surface area contributed by atoms with Gasteiger partial charge in [-0.25, -0.2) is 0 Å². The third-order valence-corrected chi connectivity index (χ3v) is 2.48. The van der Waals surface area contributed by atoms with Crippen LogP contribution in [0, 0.1) is 5.41 Å². The molecule has 0 aromatic carbocycles. The van der Waals surface area contributed by atoms with E-state index in [0.29, 0.717) is 18.2 Å². The van der Waals surface area contributed by atoms with Crippen LogP contribution in [-0.2, 0) is 4.52 Å². The highest BCUT2D eigenvalue weighted by Gasteiger charge is 2.06. The first-order chi connectivity index (χ1) is 5.74. The highest BCUT2D eigenvalue weighted by Crippen LogP contribution is 2.03. The van der Waals surface area contributed by atoms with Crippen molar-refractivity contribution in [2.24, 2.45) is 0 Å². The van der Waals surface area contributed by atoms with E-state index in [2.05, 4.69) is 23.9 Å². The summed E-state index contributed by atoms with van der Waals surface area (Å²) < 4.78 is 4.90. The number of rotatable bonds is 7. The maximum absolute atomic E-state index is 7.33. The average molecular weight is 229 g/mol. The second-order valence-corrected chi connectivity index (χ2v) is 3.41. The summed E-state index contributed by atoms with van der Waals surface area (Å²) in [4.78, 5) is 0. The van der Waals surface area contributed by atoms with Gasteiger partial charge >= 0.3 is 0 Å². The molecule has 6 heteroatoms. The molecular weight excluding hydrogens is 213 g/mol. The van der Waals surface area contributed by atoms with E-state index in [0.717, 1.165) is 12.8 Å². The predicted octanol–water partition coefficient (Wildman–Crippen LogP) is 1.58. The normalized spacial score (nSPS) is 12.9. The van der Waals surface area contributed by atoms with Gasteiger partial charge in [-0.3, -0.25) is 5.09 Å². The van der Waals surface area contributed by atoms with Crippen LogP contribution >= 0.6 is 30.5 Å². The Kier molecular flexibility index (Phi) is 8.86. The van der Waals surface area contributed by atoms with Crippen LogP contribution in [0.3, 0.4) is 0 Å². The first kappa shape index (κ1) is 12.7. The number of hydrogen-bond donors (Lipinski definition) is 2. The molecule has 0 rings (SSSR count). The Morgan fingerprint density at radius 3 is 2.75 bits per heavy atom. The van der Waals surface area contributed by atoms with Crippen molar-refractivity contribution in [3.05, 3.63) is 0 Å². The number of halogens is 1.